The average Bonchev–Trinajstić information content (AvgIpc) is 2.54. The van der Waals surface area contributed by atoms with Gasteiger partial charge in [-0.1, -0.05) is 44.2 Å². The molecule has 1 aromatic carbocycles. The van der Waals surface area contributed by atoms with Crippen molar-refractivity contribution in [1.29, 1.82) is 0 Å². The molecule has 0 aliphatic heterocycles. The lowest BCUT2D eigenvalue weighted by molar-refractivity contribution is -0.137. The fourth-order valence-electron chi connectivity index (χ4n) is 3.01. The molecule has 1 unspecified atom stereocenters. The van der Waals surface area contributed by atoms with Crippen molar-refractivity contribution in [2.45, 2.75) is 33.5 Å². The molecule has 0 fully saturated rings. The molecule has 0 saturated heterocycles. The Morgan fingerprint density at radius 2 is 1.91 bits per heavy atom. The summed E-state index contributed by atoms with van der Waals surface area (Å²) < 4.78 is 10.9. The van der Waals surface area contributed by atoms with Gasteiger partial charge in [0.15, 0.2) is 0 Å². The van der Waals surface area contributed by atoms with Gasteiger partial charge in [-0.3, -0.25) is 0 Å². The van der Waals surface area contributed by atoms with Crippen LogP contribution >= 0.6 is 0 Å². The molecule has 1 N–H and O–H groups in total. The number of benzene rings is 1. The van der Waals surface area contributed by atoms with Crippen LogP contribution in [0.2, 0.25) is 0 Å². The van der Waals surface area contributed by atoms with E-state index in [1.807, 2.05) is 57.2 Å². The maximum Gasteiger partial charge on any atom is 0.334 e. The fourth-order valence-corrected chi connectivity index (χ4v) is 3.01. The van der Waals surface area contributed by atoms with Crippen LogP contribution in [0.4, 0.5) is 0 Å². The fraction of sp³-hybridized carbons (Fsp3) is 0.421. The number of aliphatic hydroxyl groups is 1. The molecule has 23 heavy (non-hydrogen) atoms. The van der Waals surface area contributed by atoms with E-state index in [1.165, 1.54) is 7.11 Å². The standard InChI is InChI=1S/C19H24O4/c1-13-16(23-12-14-8-6-5-7-9-14)10-15(11-20)19(2,3)17(13)18(21)22-4/h5-10,16,20H,11-12H2,1-4H3. The van der Waals surface area contributed by atoms with Crippen LogP contribution in [0.25, 0.3) is 0 Å². The van der Waals surface area contributed by atoms with Gasteiger partial charge in [0.1, 0.15) is 0 Å². The van der Waals surface area contributed by atoms with Gasteiger partial charge in [-0.2, -0.15) is 0 Å². The third kappa shape index (κ3) is 3.54. The molecule has 0 radical (unpaired) electrons. The molecule has 1 aliphatic rings. The zero-order valence-electron chi connectivity index (χ0n) is 14.1. The molecule has 4 nitrogen and oxygen atoms in total. The van der Waals surface area contributed by atoms with E-state index < -0.39 is 5.41 Å². The molecule has 0 saturated carbocycles. The lowest BCUT2D eigenvalue weighted by atomic mass is 9.70. The summed E-state index contributed by atoms with van der Waals surface area (Å²) in [4.78, 5) is 12.2. The van der Waals surface area contributed by atoms with Crippen molar-refractivity contribution >= 4 is 5.97 Å². The second-order valence-electron chi connectivity index (χ2n) is 6.24. The molecule has 0 heterocycles. The van der Waals surface area contributed by atoms with Gasteiger partial charge in [-0.15, -0.1) is 0 Å². The predicted molar refractivity (Wildman–Crippen MR) is 88.7 cm³/mol. The van der Waals surface area contributed by atoms with Crippen molar-refractivity contribution in [3.05, 3.63) is 58.7 Å². The summed E-state index contributed by atoms with van der Waals surface area (Å²) in [5, 5.41) is 9.69. The van der Waals surface area contributed by atoms with Crippen molar-refractivity contribution < 1.29 is 19.4 Å². The summed E-state index contributed by atoms with van der Waals surface area (Å²) in [5.41, 5.74) is 2.64. The van der Waals surface area contributed by atoms with Crippen LogP contribution in [-0.4, -0.2) is 30.9 Å². The van der Waals surface area contributed by atoms with E-state index in [-0.39, 0.29) is 18.7 Å². The third-order valence-corrected chi connectivity index (χ3v) is 4.43. The predicted octanol–water partition coefficient (Wildman–Crippen LogP) is 3.02. The van der Waals surface area contributed by atoms with Crippen LogP contribution in [0.15, 0.2) is 53.1 Å². The van der Waals surface area contributed by atoms with Crippen LogP contribution in [0.1, 0.15) is 26.3 Å². The minimum absolute atomic E-state index is 0.119. The lowest BCUT2D eigenvalue weighted by Crippen LogP contribution is -2.34. The molecule has 4 heteroatoms. The van der Waals surface area contributed by atoms with E-state index in [4.69, 9.17) is 9.47 Å². The van der Waals surface area contributed by atoms with Crippen molar-refractivity contribution in [2.75, 3.05) is 13.7 Å². The summed E-state index contributed by atoms with van der Waals surface area (Å²) >= 11 is 0. The highest BCUT2D eigenvalue weighted by Crippen LogP contribution is 2.42. The van der Waals surface area contributed by atoms with Crippen LogP contribution in [0.5, 0.6) is 0 Å². The molecule has 0 amide bonds. The Morgan fingerprint density at radius 3 is 2.48 bits per heavy atom. The number of hydrogen-bond acceptors (Lipinski definition) is 4. The van der Waals surface area contributed by atoms with E-state index >= 15 is 0 Å². The van der Waals surface area contributed by atoms with Crippen molar-refractivity contribution in [3.63, 3.8) is 0 Å². The molecular weight excluding hydrogens is 292 g/mol. The van der Waals surface area contributed by atoms with E-state index in [9.17, 15) is 9.90 Å². The molecule has 0 spiro atoms. The molecule has 0 aromatic heterocycles. The molecule has 1 atom stereocenters. The first-order valence-corrected chi connectivity index (χ1v) is 7.69. The van der Waals surface area contributed by atoms with E-state index in [2.05, 4.69) is 0 Å². The second-order valence-corrected chi connectivity index (χ2v) is 6.24. The van der Waals surface area contributed by atoms with Crippen molar-refractivity contribution in [1.82, 2.24) is 0 Å². The molecule has 1 aromatic rings. The Balaban J connectivity index is 2.30. The van der Waals surface area contributed by atoms with Gasteiger partial charge in [0.05, 0.1) is 26.4 Å². The highest BCUT2D eigenvalue weighted by Gasteiger charge is 2.39. The number of aliphatic hydroxyl groups excluding tert-OH is 1. The van der Waals surface area contributed by atoms with Gasteiger partial charge in [0, 0.05) is 11.0 Å². The topological polar surface area (TPSA) is 55.8 Å². The first-order chi connectivity index (χ1) is 10.9. The lowest BCUT2D eigenvalue weighted by Gasteiger charge is -2.36. The summed E-state index contributed by atoms with van der Waals surface area (Å²) in [7, 11) is 1.37. The van der Waals surface area contributed by atoms with Gasteiger partial charge >= 0.3 is 5.97 Å². The maximum absolute atomic E-state index is 12.2. The summed E-state index contributed by atoms with van der Waals surface area (Å²) in [6, 6.07) is 9.85. The second kappa shape index (κ2) is 7.11. The molecule has 124 valence electrons. The Kier molecular flexibility index (Phi) is 5.39. The number of carbonyl (C=O) groups excluding carboxylic acids is 1. The quantitative estimate of drug-likeness (QED) is 0.670. The molecule has 0 bridgehead atoms. The Labute approximate surface area is 137 Å². The molecule has 2 rings (SSSR count). The van der Waals surface area contributed by atoms with Crippen LogP contribution in [0.3, 0.4) is 0 Å². The smallest absolute Gasteiger partial charge is 0.334 e. The Hall–Kier alpha value is -1.91. The van der Waals surface area contributed by atoms with Gasteiger partial charge in [-0.05, 0) is 29.7 Å². The summed E-state index contributed by atoms with van der Waals surface area (Å²) in [6.07, 6.45) is 1.56. The number of hydrogen-bond donors (Lipinski definition) is 1. The summed E-state index contributed by atoms with van der Waals surface area (Å²) in [6.45, 7) is 6.03. The SMILES string of the molecule is COC(=O)C1=C(C)C(OCc2ccccc2)C=C(CO)C1(C)C. The van der Waals surface area contributed by atoms with Crippen LogP contribution in [0, 0.1) is 5.41 Å². The minimum Gasteiger partial charge on any atom is -0.466 e. The third-order valence-electron chi connectivity index (χ3n) is 4.43. The largest absolute Gasteiger partial charge is 0.466 e. The Morgan fingerprint density at radius 1 is 1.26 bits per heavy atom. The van der Waals surface area contributed by atoms with E-state index in [1.54, 1.807) is 0 Å². The average molecular weight is 316 g/mol. The van der Waals surface area contributed by atoms with E-state index in [0.717, 1.165) is 16.7 Å². The zero-order chi connectivity index (χ0) is 17.0. The zero-order valence-corrected chi connectivity index (χ0v) is 14.1. The highest BCUT2D eigenvalue weighted by atomic mass is 16.5. The number of rotatable bonds is 5. The molecular formula is C19H24O4. The van der Waals surface area contributed by atoms with E-state index in [0.29, 0.717) is 12.2 Å². The number of ether oxygens (including phenoxy) is 2. The number of carbonyl (C=O) groups is 1. The van der Waals surface area contributed by atoms with Crippen molar-refractivity contribution in [3.8, 4) is 0 Å². The highest BCUT2D eigenvalue weighted by molar-refractivity contribution is 5.92. The van der Waals surface area contributed by atoms with Crippen LogP contribution in [-0.2, 0) is 20.9 Å². The maximum atomic E-state index is 12.2. The first kappa shape index (κ1) is 17.4. The van der Waals surface area contributed by atoms with Gasteiger partial charge < -0.3 is 14.6 Å². The van der Waals surface area contributed by atoms with Gasteiger partial charge in [0.2, 0.25) is 0 Å². The summed E-state index contributed by atoms with van der Waals surface area (Å²) in [5.74, 6) is -0.375. The Bertz CT molecular complexity index is 626. The minimum atomic E-state index is -0.571. The van der Waals surface area contributed by atoms with Crippen molar-refractivity contribution in [2.24, 2.45) is 5.41 Å². The normalized spacial score (nSPS) is 20.2. The number of esters is 1. The van der Waals surface area contributed by atoms with Gasteiger partial charge in [-0.25, -0.2) is 4.79 Å². The first-order valence-electron chi connectivity index (χ1n) is 7.69. The monoisotopic (exact) mass is 316 g/mol. The molecule has 1 aliphatic carbocycles. The van der Waals surface area contributed by atoms with Crippen LogP contribution < -0.4 is 0 Å². The number of methoxy groups -OCH3 is 1. The van der Waals surface area contributed by atoms with Gasteiger partial charge in [0.25, 0.3) is 0 Å².